The maximum absolute atomic E-state index is 13.3. The first-order chi connectivity index (χ1) is 25.8. The average molecular weight is 731 g/mol. The highest BCUT2D eigenvalue weighted by molar-refractivity contribution is 5.68. The molecule has 2 N–H and O–H groups in total. The Bertz CT molecular complexity index is 1800. The molecule has 282 valence electrons. The quantitative estimate of drug-likeness (QED) is 0.160. The summed E-state index contributed by atoms with van der Waals surface area (Å²) in [5.41, 5.74) is 2.70. The molecule has 2 saturated heterocycles. The molecule has 0 radical (unpaired) electrons. The smallest absolute Gasteiger partial charge is 0.407 e. The molecule has 5 atom stereocenters. The Hall–Kier alpha value is -4.89. The van der Waals surface area contributed by atoms with E-state index >= 15 is 0 Å². The maximum Gasteiger partial charge on any atom is 0.407 e. The highest BCUT2D eigenvalue weighted by atomic mass is 16.7. The van der Waals surface area contributed by atoms with E-state index in [-0.39, 0.29) is 32.2 Å². The third-order valence-electron chi connectivity index (χ3n) is 9.48. The van der Waals surface area contributed by atoms with Crippen LogP contribution in [0.4, 0.5) is 4.79 Å². The Morgan fingerprint density at radius 1 is 0.981 bits per heavy atom. The minimum Gasteiger partial charge on any atom is -0.497 e. The number of fused-ring (bicyclic) bond motifs is 2. The van der Waals surface area contributed by atoms with E-state index in [0.717, 1.165) is 41.2 Å². The Labute approximate surface area is 308 Å². The number of rotatable bonds is 16. The molecule has 0 saturated carbocycles. The number of carbonyl (C=O) groups excluding carboxylic acids is 1. The Kier molecular flexibility index (Phi) is 11.6. The van der Waals surface area contributed by atoms with Crippen molar-refractivity contribution in [2.24, 2.45) is 11.8 Å². The average Bonchev–Trinajstić information content (AvgIpc) is 3.98. The number of hydrogen-bond acceptors (Lipinski definition) is 13. The van der Waals surface area contributed by atoms with E-state index in [0.29, 0.717) is 55.2 Å². The van der Waals surface area contributed by atoms with Crippen LogP contribution in [0.3, 0.4) is 0 Å². The van der Waals surface area contributed by atoms with E-state index < -0.39 is 24.3 Å². The summed E-state index contributed by atoms with van der Waals surface area (Å²) in [4.78, 5) is 20.0. The van der Waals surface area contributed by atoms with E-state index in [2.05, 4.69) is 34.2 Å². The van der Waals surface area contributed by atoms with E-state index in [1.165, 1.54) is 0 Å². The van der Waals surface area contributed by atoms with Gasteiger partial charge in [0.05, 0.1) is 38.4 Å². The van der Waals surface area contributed by atoms with Crippen LogP contribution < -0.4 is 24.3 Å². The lowest BCUT2D eigenvalue weighted by Gasteiger charge is -2.31. The topological polar surface area (TPSA) is 156 Å². The molecule has 1 amide bonds. The van der Waals surface area contributed by atoms with Crippen molar-refractivity contribution in [3.63, 3.8) is 0 Å². The largest absolute Gasteiger partial charge is 0.497 e. The summed E-state index contributed by atoms with van der Waals surface area (Å²) in [5.74, 6) is 3.91. The van der Waals surface area contributed by atoms with Gasteiger partial charge in [0.25, 0.3) is 5.89 Å². The second kappa shape index (κ2) is 16.8. The van der Waals surface area contributed by atoms with Crippen LogP contribution >= 0.6 is 0 Å². The van der Waals surface area contributed by atoms with Gasteiger partial charge in [-0.15, -0.1) is 0 Å². The molecule has 5 unspecified atom stereocenters. The van der Waals surface area contributed by atoms with E-state index in [1.807, 2.05) is 66.7 Å². The minimum absolute atomic E-state index is 0.00128. The molecule has 0 aliphatic carbocycles. The summed E-state index contributed by atoms with van der Waals surface area (Å²) >= 11 is 0. The molecule has 2 fully saturated rings. The van der Waals surface area contributed by atoms with Gasteiger partial charge in [-0.3, -0.25) is 4.90 Å². The van der Waals surface area contributed by atoms with Gasteiger partial charge in [0.2, 0.25) is 12.6 Å². The number of ether oxygens (including phenoxy) is 7. The number of aliphatic hydroxyl groups is 1. The van der Waals surface area contributed by atoms with Crippen molar-refractivity contribution in [2.75, 3.05) is 40.2 Å². The fourth-order valence-corrected chi connectivity index (χ4v) is 6.85. The molecule has 4 heterocycles. The highest BCUT2D eigenvalue weighted by Crippen LogP contribution is 2.34. The number of nitrogens with zero attached hydrogens (tertiary/aromatic N) is 3. The monoisotopic (exact) mass is 730 g/mol. The molecule has 0 spiro atoms. The predicted molar refractivity (Wildman–Crippen MR) is 190 cm³/mol. The van der Waals surface area contributed by atoms with Gasteiger partial charge in [-0.05, 0) is 78.4 Å². The number of amides is 1. The van der Waals surface area contributed by atoms with E-state index in [4.69, 9.17) is 37.7 Å². The van der Waals surface area contributed by atoms with Gasteiger partial charge in [-0.25, -0.2) is 4.79 Å². The molecular formula is C39H46N4O10. The fraction of sp³-hybridized carbons (Fsp3) is 0.462. The lowest BCUT2D eigenvalue weighted by atomic mass is 10.00. The van der Waals surface area contributed by atoms with Crippen LogP contribution in [0.15, 0.2) is 71.3 Å². The summed E-state index contributed by atoms with van der Waals surface area (Å²) in [5, 5.41) is 18.8. The van der Waals surface area contributed by atoms with Crippen molar-refractivity contribution in [1.82, 2.24) is 20.4 Å². The predicted octanol–water partition coefficient (Wildman–Crippen LogP) is 4.97. The first kappa shape index (κ1) is 36.5. The van der Waals surface area contributed by atoms with Gasteiger partial charge in [0.15, 0.2) is 24.4 Å². The molecule has 14 heteroatoms. The highest BCUT2D eigenvalue weighted by Gasteiger charge is 2.44. The lowest BCUT2D eigenvalue weighted by molar-refractivity contribution is -0.0907. The summed E-state index contributed by atoms with van der Waals surface area (Å²) < 4.78 is 44.7. The second-order valence-corrected chi connectivity index (χ2v) is 13.9. The van der Waals surface area contributed by atoms with Crippen LogP contribution in [0.5, 0.6) is 23.0 Å². The molecular weight excluding hydrogens is 684 g/mol. The van der Waals surface area contributed by atoms with Gasteiger partial charge >= 0.3 is 6.09 Å². The number of aromatic nitrogens is 2. The normalized spacial score (nSPS) is 20.0. The molecule has 4 aromatic rings. The van der Waals surface area contributed by atoms with Crippen LogP contribution in [0, 0.1) is 11.8 Å². The van der Waals surface area contributed by atoms with Crippen LogP contribution in [-0.2, 0) is 33.8 Å². The maximum atomic E-state index is 13.3. The number of carbonyl (C=O) groups is 1. The van der Waals surface area contributed by atoms with Crippen molar-refractivity contribution in [2.45, 2.75) is 64.4 Å². The number of nitrogens with one attached hydrogen (secondary N) is 1. The first-order valence-corrected chi connectivity index (χ1v) is 18.0. The van der Waals surface area contributed by atoms with Gasteiger partial charge in [0, 0.05) is 25.2 Å². The molecule has 3 aliphatic rings. The summed E-state index contributed by atoms with van der Waals surface area (Å²) in [7, 11) is 1.61. The third kappa shape index (κ3) is 9.38. The Balaban J connectivity index is 1.00. The molecule has 3 aromatic carbocycles. The molecule has 7 rings (SSSR count). The van der Waals surface area contributed by atoms with Crippen molar-refractivity contribution in [3.8, 4) is 34.5 Å². The van der Waals surface area contributed by atoms with Crippen molar-refractivity contribution >= 4 is 6.09 Å². The minimum atomic E-state index is -0.924. The van der Waals surface area contributed by atoms with Crippen LogP contribution in [0.25, 0.3) is 11.5 Å². The van der Waals surface area contributed by atoms with Gasteiger partial charge < -0.3 is 48.1 Å². The number of aliphatic hydroxyl groups excluding tert-OH is 1. The van der Waals surface area contributed by atoms with E-state index in [9.17, 15) is 9.90 Å². The lowest BCUT2D eigenvalue weighted by Crippen LogP contribution is -2.50. The summed E-state index contributed by atoms with van der Waals surface area (Å²) in [6, 6.07) is 20.1. The van der Waals surface area contributed by atoms with Crippen molar-refractivity contribution in [3.05, 3.63) is 83.7 Å². The van der Waals surface area contributed by atoms with Crippen molar-refractivity contribution in [1.29, 1.82) is 0 Å². The van der Waals surface area contributed by atoms with Gasteiger partial charge in [-0.1, -0.05) is 37.2 Å². The number of methoxy groups -OCH3 is 1. The molecule has 0 bridgehead atoms. The first-order valence-electron chi connectivity index (χ1n) is 18.0. The zero-order valence-corrected chi connectivity index (χ0v) is 30.1. The second-order valence-electron chi connectivity index (χ2n) is 13.9. The Morgan fingerprint density at radius 2 is 1.75 bits per heavy atom. The van der Waals surface area contributed by atoms with Gasteiger partial charge in [0.1, 0.15) is 17.6 Å². The molecule has 14 nitrogen and oxygen atoms in total. The van der Waals surface area contributed by atoms with E-state index in [1.54, 1.807) is 7.11 Å². The molecule has 3 aliphatic heterocycles. The molecule has 1 aromatic heterocycles. The summed E-state index contributed by atoms with van der Waals surface area (Å²) in [6.07, 6.45) is -1.16. The van der Waals surface area contributed by atoms with Crippen LogP contribution in [0.1, 0.15) is 37.2 Å². The standard InChI is InChI=1S/C39H46N4O10/c1-24(2)18-43(19-26-6-13-33-34(17-26)51-23-50-33)20-32(44)31(40-39(45)52-35-21-49-38-30(35)14-15-47-38)16-25-4-9-29(10-5-25)48-22-36-41-37(53-42-36)27-7-11-28(46-3)12-8-27/h4-13,17,24,30-32,35,38,44H,14-16,18-23H2,1-3H3,(H,40,45). The van der Waals surface area contributed by atoms with Crippen LogP contribution in [0.2, 0.25) is 0 Å². The summed E-state index contributed by atoms with van der Waals surface area (Å²) in [6.45, 7) is 7.08. The SMILES string of the molecule is COc1ccc(-c2nc(COc3ccc(CC(NC(=O)OC4COC5OCCC45)C(O)CN(Cc4ccc5c(c4)OCO5)CC(C)C)cc3)no2)cc1. The van der Waals surface area contributed by atoms with Crippen molar-refractivity contribution < 1.29 is 47.6 Å². The third-order valence-corrected chi connectivity index (χ3v) is 9.48. The zero-order chi connectivity index (χ0) is 36.7. The number of hydrogen-bond donors (Lipinski definition) is 2. The molecule has 53 heavy (non-hydrogen) atoms. The number of alkyl carbamates (subject to hydrolysis) is 1. The fourth-order valence-electron chi connectivity index (χ4n) is 6.85. The zero-order valence-electron chi connectivity index (χ0n) is 30.1. The van der Waals surface area contributed by atoms with Gasteiger partial charge in [-0.2, -0.15) is 4.98 Å². The Morgan fingerprint density at radius 3 is 2.55 bits per heavy atom. The number of benzene rings is 3. The van der Waals surface area contributed by atoms with Crippen LogP contribution in [-0.4, -0.2) is 91.0 Å².